The van der Waals surface area contributed by atoms with E-state index in [1.807, 2.05) is 30.9 Å². The maximum atomic E-state index is 11.1. The van der Waals surface area contributed by atoms with Gasteiger partial charge in [-0.15, -0.1) is 11.3 Å². The van der Waals surface area contributed by atoms with Crippen LogP contribution in [0.1, 0.15) is 24.8 Å². The summed E-state index contributed by atoms with van der Waals surface area (Å²) in [4.78, 5) is 14.3. The molecule has 0 aliphatic heterocycles. The number of hydrogen-bond acceptors (Lipinski definition) is 4. The molecular formula is C11H18BrN3OS. The number of thiophene rings is 1. The van der Waals surface area contributed by atoms with Crippen molar-refractivity contribution in [1.82, 2.24) is 4.90 Å². The lowest BCUT2D eigenvalue weighted by atomic mass is 10.1. The first-order valence-corrected chi connectivity index (χ1v) is 7.06. The summed E-state index contributed by atoms with van der Waals surface area (Å²) in [5, 5.41) is 0. The number of carbonyl (C=O) groups is 1. The number of primary amides is 1. The topological polar surface area (TPSA) is 72.3 Å². The molecule has 1 unspecified atom stereocenters. The maximum absolute atomic E-state index is 11.1. The van der Waals surface area contributed by atoms with Crippen molar-refractivity contribution in [3.63, 3.8) is 0 Å². The molecule has 6 heteroatoms. The smallest absolute Gasteiger partial charge is 0.231 e. The molecule has 1 heterocycles. The van der Waals surface area contributed by atoms with E-state index < -0.39 is 0 Å². The summed E-state index contributed by atoms with van der Waals surface area (Å²) in [5.74, 6) is -0.326. The lowest BCUT2D eigenvalue weighted by molar-refractivity contribution is -0.120. The second-order valence-electron chi connectivity index (χ2n) is 4.13. The Morgan fingerprint density at radius 2 is 2.18 bits per heavy atom. The molecule has 1 atom stereocenters. The summed E-state index contributed by atoms with van der Waals surface area (Å²) >= 11 is 5.07. The van der Waals surface area contributed by atoms with Crippen molar-refractivity contribution in [2.24, 2.45) is 11.5 Å². The van der Waals surface area contributed by atoms with Crippen LogP contribution < -0.4 is 11.5 Å². The van der Waals surface area contributed by atoms with Crippen LogP contribution in [0.5, 0.6) is 0 Å². The number of hydrogen-bond donors (Lipinski definition) is 2. The van der Waals surface area contributed by atoms with Crippen LogP contribution in [0, 0.1) is 0 Å². The number of nitrogens with zero attached hydrogens (tertiary/aromatic N) is 1. The normalized spacial score (nSPS) is 13.3. The first kappa shape index (κ1) is 14.6. The minimum absolute atomic E-state index is 0.0406. The predicted octanol–water partition coefficient (Wildman–Crippen LogP) is 1.71. The average molecular weight is 320 g/mol. The van der Waals surface area contributed by atoms with E-state index in [4.69, 9.17) is 11.5 Å². The minimum atomic E-state index is -0.326. The molecule has 4 N–H and O–H groups in total. The molecule has 1 amide bonds. The predicted molar refractivity (Wildman–Crippen MR) is 74.9 cm³/mol. The Labute approximate surface area is 114 Å². The van der Waals surface area contributed by atoms with Gasteiger partial charge in [0.1, 0.15) is 0 Å². The van der Waals surface area contributed by atoms with Crippen LogP contribution in [0.3, 0.4) is 0 Å². The molecule has 1 aromatic rings. The number of rotatable bonds is 6. The molecule has 0 spiro atoms. The lowest BCUT2D eigenvalue weighted by Crippen LogP contribution is -2.43. The summed E-state index contributed by atoms with van der Waals surface area (Å²) in [6.45, 7) is 4.77. The molecular weight excluding hydrogens is 302 g/mol. The van der Waals surface area contributed by atoms with E-state index in [-0.39, 0.29) is 24.5 Å². The molecule has 96 valence electrons. The Morgan fingerprint density at radius 1 is 1.53 bits per heavy atom. The number of amides is 1. The van der Waals surface area contributed by atoms with Gasteiger partial charge in [-0.2, -0.15) is 0 Å². The van der Waals surface area contributed by atoms with Crippen LogP contribution in [0.4, 0.5) is 0 Å². The van der Waals surface area contributed by atoms with Crippen molar-refractivity contribution in [2.75, 3.05) is 13.1 Å². The van der Waals surface area contributed by atoms with Crippen LogP contribution in [0.25, 0.3) is 0 Å². The Kier molecular flexibility index (Phi) is 5.58. The van der Waals surface area contributed by atoms with Crippen molar-refractivity contribution in [3.8, 4) is 0 Å². The third-order valence-corrected chi connectivity index (χ3v) is 4.27. The van der Waals surface area contributed by atoms with E-state index in [1.54, 1.807) is 11.3 Å². The van der Waals surface area contributed by atoms with Gasteiger partial charge in [-0.1, -0.05) is 0 Å². The van der Waals surface area contributed by atoms with E-state index >= 15 is 0 Å². The minimum Gasteiger partial charge on any atom is -0.369 e. The summed E-state index contributed by atoms with van der Waals surface area (Å²) < 4.78 is 1.06. The zero-order valence-electron chi connectivity index (χ0n) is 10.0. The van der Waals surface area contributed by atoms with E-state index in [1.165, 1.54) is 0 Å². The SMILES string of the molecule is CC(C)N(CC(N)=O)C(CN)c1ccc(Br)s1. The zero-order chi connectivity index (χ0) is 13.0. The molecule has 0 aliphatic rings. The zero-order valence-corrected chi connectivity index (χ0v) is 12.4. The first-order chi connectivity index (χ1) is 7.95. The standard InChI is InChI=1S/C11H18BrN3OS/c1-7(2)15(6-11(14)16)8(5-13)9-3-4-10(12)17-9/h3-4,7-8H,5-6,13H2,1-2H3,(H2,14,16). The summed E-state index contributed by atoms with van der Waals surface area (Å²) in [6, 6.07) is 4.28. The molecule has 1 rings (SSSR count). The monoisotopic (exact) mass is 319 g/mol. The van der Waals surface area contributed by atoms with Gasteiger partial charge in [0.2, 0.25) is 5.91 Å². The Balaban J connectivity index is 2.92. The van der Waals surface area contributed by atoms with E-state index in [0.29, 0.717) is 6.54 Å². The van der Waals surface area contributed by atoms with Crippen molar-refractivity contribution < 1.29 is 4.79 Å². The van der Waals surface area contributed by atoms with Gasteiger partial charge in [0.15, 0.2) is 0 Å². The van der Waals surface area contributed by atoms with Gasteiger partial charge in [0, 0.05) is 17.5 Å². The highest BCUT2D eigenvalue weighted by Crippen LogP contribution is 2.31. The third-order valence-electron chi connectivity index (χ3n) is 2.55. The van der Waals surface area contributed by atoms with Crippen LogP contribution in [0.15, 0.2) is 15.9 Å². The molecule has 0 aromatic carbocycles. The molecule has 0 aliphatic carbocycles. The van der Waals surface area contributed by atoms with Crippen LogP contribution in [-0.4, -0.2) is 29.9 Å². The maximum Gasteiger partial charge on any atom is 0.231 e. The highest BCUT2D eigenvalue weighted by molar-refractivity contribution is 9.11. The molecule has 0 saturated heterocycles. The van der Waals surface area contributed by atoms with E-state index in [0.717, 1.165) is 8.66 Å². The summed E-state index contributed by atoms with van der Waals surface area (Å²) in [5.41, 5.74) is 11.1. The molecule has 0 bridgehead atoms. The molecule has 1 aromatic heterocycles. The fraction of sp³-hybridized carbons (Fsp3) is 0.545. The highest BCUT2D eigenvalue weighted by Gasteiger charge is 2.24. The second-order valence-corrected chi connectivity index (χ2v) is 6.62. The van der Waals surface area contributed by atoms with Crippen LogP contribution in [-0.2, 0) is 4.79 Å². The van der Waals surface area contributed by atoms with Crippen molar-refractivity contribution >= 4 is 33.2 Å². The first-order valence-electron chi connectivity index (χ1n) is 5.45. The van der Waals surface area contributed by atoms with Crippen LogP contribution >= 0.6 is 27.3 Å². The van der Waals surface area contributed by atoms with E-state index in [9.17, 15) is 4.79 Å². The molecule has 0 fully saturated rings. The fourth-order valence-electron chi connectivity index (χ4n) is 1.75. The van der Waals surface area contributed by atoms with Crippen molar-refractivity contribution in [1.29, 1.82) is 0 Å². The van der Waals surface area contributed by atoms with Gasteiger partial charge in [0.05, 0.1) is 16.4 Å². The van der Waals surface area contributed by atoms with Crippen molar-refractivity contribution in [2.45, 2.75) is 25.9 Å². The number of carbonyl (C=O) groups excluding carboxylic acids is 1. The van der Waals surface area contributed by atoms with Gasteiger partial charge in [-0.05, 0) is 41.9 Å². The average Bonchev–Trinajstić information content (AvgIpc) is 2.64. The molecule has 0 radical (unpaired) electrons. The summed E-state index contributed by atoms with van der Waals surface area (Å²) in [7, 11) is 0. The second kappa shape index (κ2) is 6.49. The summed E-state index contributed by atoms with van der Waals surface area (Å²) in [6.07, 6.45) is 0. The van der Waals surface area contributed by atoms with Gasteiger partial charge in [-0.25, -0.2) is 0 Å². The van der Waals surface area contributed by atoms with Gasteiger partial charge < -0.3 is 11.5 Å². The van der Waals surface area contributed by atoms with Crippen LogP contribution in [0.2, 0.25) is 0 Å². The van der Waals surface area contributed by atoms with Gasteiger partial charge >= 0.3 is 0 Å². The highest BCUT2D eigenvalue weighted by atomic mass is 79.9. The molecule has 4 nitrogen and oxygen atoms in total. The Hall–Kier alpha value is -0.430. The molecule has 0 saturated carbocycles. The van der Waals surface area contributed by atoms with E-state index in [2.05, 4.69) is 15.9 Å². The van der Waals surface area contributed by atoms with Gasteiger partial charge in [0.25, 0.3) is 0 Å². The van der Waals surface area contributed by atoms with Crippen molar-refractivity contribution in [3.05, 3.63) is 20.8 Å². The largest absolute Gasteiger partial charge is 0.369 e. The quantitative estimate of drug-likeness (QED) is 0.838. The molecule has 17 heavy (non-hydrogen) atoms. The van der Waals surface area contributed by atoms with Gasteiger partial charge in [-0.3, -0.25) is 9.69 Å². The fourth-order valence-corrected chi connectivity index (χ4v) is 3.31. The lowest BCUT2D eigenvalue weighted by Gasteiger charge is -2.32. The number of halogens is 1. The Morgan fingerprint density at radius 3 is 2.53 bits per heavy atom. The Bertz CT molecular complexity index is 381. The third kappa shape index (κ3) is 4.06. The number of nitrogens with two attached hydrogens (primary N) is 2.